The van der Waals surface area contributed by atoms with E-state index < -0.39 is 18.4 Å². The Bertz CT molecular complexity index is 700. The molecular formula is C16H18N2O5. The van der Waals surface area contributed by atoms with Crippen LogP contribution >= 0.6 is 0 Å². The number of carbonyl (C=O) groups is 2. The minimum atomic E-state index is -1.27. The highest BCUT2D eigenvalue weighted by Gasteiger charge is 2.57. The first kappa shape index (κ1) is 14.3. The summed E-state index contributed by atoms with van der Waals surface area (Å²) < 4.78 is 5.16. The van der Waals surface area contributed by atoms with Crippen LogP contribution in [0, 0.1) is 5.41 Å². The van der Waals surface area contributed by atoms with Crippen molar-refractivity contribution in [2.45, 2.75) is 31.5 Å². The van der Waals surface area contributed by atoms with Gasteiger partial charge in [-0.15, -0.1) is 0 Å². The molecule has 1 saturated carbocycles. The number of ether oxygens (including phenoxy) is 1. The number of fused-ring (bicyclic) bond motifs is 2. The molecule has 2 amide bonds. The lowest BCUT2D eigenvalue weighted by molar-refractivity contribution is 0.0510. The normalized spacial score (nSPS) is 27.5. The number of methoxy groups -OCH3 is 1. The van der Waals surface area contributed by atoms with E-state index >= 15 is 0 Å². The number of anilines is 1. The van der Waals surface area contributed by atoms with E-state index in [9.17, 15) is 19.8 Å². The van der Waals surface area contributed by atoms with Crippen LogP contribution in [0.15, 0.2) is 18.2 Å². The van der Waals surface area contributed by atoms with Crippen LogP contribution in [0.3, 0.4) is 0 Å². The molecule has 7 nitrogen and oxygen atoms in total. The molecule has 2 fully saturated rings. The van der Waals surface area contributed by atoms with E-state index in [1.54, 1.807) is 17.0 Å². The van der Waals surface area contributed by atoms with Gasteiger partial charge in [-0.1, -0.05) is 0 Å². The molecule has 1 aromatic carbocycles. The maximum absolute atomic E-state index is 13.0. The minimum Gasteiger partial charge on any atom is -0.497 e. The Labute approximate surface area is 133 Å². The molecular weight excluding hydrogens is 300 g/mol. The Hall–Kier alpha value is -2.28. The maximum Gasteiger partial charge on any atom is 0.414 e. The van der Waals surface area contributed by atoms with Crippen molar-refractivity contribution in [1.82, 2.24) is 4.90 Å². The Morgan fingerprint density at radius 2 is 2.13 bits per heavy atom. The summed E-state index contributed by atoms with van der Waals surface area (Å²) in [7, 11) is 1.49. The van der Waals surface area contributed by atoms with Crippen molar-refractivity contribution in [1.29, 1.82) is 0 Å². The Morgan fingerprint density at radius 1 is 1.39 bits per heavy atom. The average Bonchev–Trinajstić information content (AvgIpc) is 3.18. The standard InChI is InChI=1S/C16H18N2O5/c1-23-9-2-3-11-10(6-9)13(19)17-8-16(4-5-16)7-12(17)14(20)18(11)15(21)22/h2-3,6,12,14,20H,4-5,7-8H2,1H3,(H,21,22). The topological polar surface area (TPSA) is 90.3 Å². The molecule has 2 heterocycles. The van der Waals surface area contributed by atoms with Crippen LogP contribution < -0.4 is 9.64 Å². The van der Waals surface area contributed by atoms with E-state index in [1.165, 1.54) is 13.2 Å². The van der Waals surface area contributed by atoms with E-state index in [-0.39, 0.29) is 22.6 Å². The van der Waals surface area contributed by atoms with Gasteiger partial charge in [0, 0.05) is 6.54 Å². The van der Waals surface area contributed by atoms with Crippen molar-refractivity contribution >= 4 is 17.7 Å². The zero-order valence-corrected chi connectivity index (χ0v) is 12.7. The number of amides is 2. The molecule has 0 bridgehead atoms. The predicted octanol–water partition coefficient (Wildman–Crippen LogP) is 1.51. The molecule has 1 aromatic rings. The summed E-state index contributed by atoms with van der Waals surface area (Å²) >= 11 is 0. The van der Waals surface area contributed by atoms with Crippen LogP contribution in [-0.2, 0) is 0 Å². The van der Waals surface area contributed by atoms with E-state index in [2.05, 4.69) is 0 Å². The lowest BCUT2D eigenvalue weighted by Crippen LogP contribution is -2.50. The molecule has 23 heavy (non-hydrogen) atoms. The van der Waals surface area contributed by atoms with Gasteiger partial charge in [-0.3, -0.25) is 4.79 Å². The molecule has 3 aliphatic rings. The Balaban J connectivity index is 1.86. The first-order chi connectivity index (χ1) is 11.0. The fraction of sp³-hybridized carbons (Fsp3) is 0.500. The molecule has 0 aromatic heterocycles. The molecule has 1 aliphatic carbocycles. The van der Waals surface area contributed by atoms with Crippen LogP contribution in [-0.4, -0.2) is 53.0 Å². The highest BCUT2D eigenvalue weighted by atomic mass is 16.5. The third-order valence-corrected chi connectivity index (χ3v) is 5.27. The van der Waals surface area contributed by atoms with Crippen LogP contribution in [0.25, 0.3) is 0 Å². The zero-order chi connectivity index (χ0) is 16.4. The quantitative estimate of drug-likeness (QED) is 0.819. The molecule has 2 unspecified atom stereocenters. The number of hydrogen-bond donors (Lipinski definition) is 2. The smallest absolute Gasteiger partial charge is 0.414 e. The Kier molecular flexibility index (Phi) is 2.87. The molecule has 1 saturated heterocycles. The molecule has 0 radical (unpaired) electrons. The molecule has 2 N–H and O–H groups in total. The van der Waals surface area contributed by atoms with E-state index in [0.29, 0.717) is 18.7 Å². The van der Waals surface area contributed by atoms with Gasteiger partial charge in [0.05, 0.1) is 24.4 Å². The number of aliphatic hydroxyl groups is 1. The Morgan fingerprint density at radius 3 is 2.74 bits per heavy atom. The lowest BCUT2D eigenvalue weighted by Gasteiger charge is -2.30. The summed E-state index contributed by atoms with van der Waals surface area (Å²) in [4.78, 5) is 27.2. The van der Waals surface area contributed by atoms with Gasteiger partial charge in [0.15, 0.2) is 6.23 Å². The summed E-state index contributed by atoms with van der Waals surface area (Å²) in [6, 6.07) is 4.15. The monoisotopic (exact) mass is 318 g/mol. The van der Waals surface area contributed by atoms with Gasteiger partial charge in [0.25, 0.3) is 5.91 Å². The maximum atomic E-state index is 13.0. The summed E-state index contributed by atoms with van der Waals surface area (Å²) in [6.07, 6.45) is 0.173. The van der Waals surface area contributed by atoms with Gasteiger partial charge >= 0.3 is 6.09 Å². The van der Waals surface area contributed by atoms with Gasteiger partial charge in [-0.25, -0.2) is 9.69 Å². The summed E-state index contributed by atoms with van der Waals surface area (Å²) in [6.45, 7) is 0.581. The summed E-state index contributed by atoms with van der Waals surface area (Å²) in [5.41, 5.74) is 0.531. The zero-order valence-electron chi connectivity index (χ0n) is 12.7. The van der Waals surface area contributed by atoms with Crippen LogP contribution in [0.4, 0.5) is 10.5 Å². The van der Waals surface area contributed by atoms with Crippen molar-refractivity contribution in [2.75, 3.05) is 18.6 Å². The first-order valence-corrected chi connectivity index (χ1v) is 7.65. The average molecular weight is 318 g/mol. The second-order valence-electron chi connectivity index (χ2n) is 6.65. The third-order valence-electron chi connectivity index (χ3n) is 5.27. The fourth-order valence-corrected chi connectivity index (χ4v) is 3.83. The van der Waals surface area contributed by atoms with Crippen LogP contribution in [0.1, 0.15) is 29.6 Å². The highest BCUT2D eigenvalue weighted by Crippen LogP contribution is 2.56. The first-order valence-electron chi connectivity index (χ1n) is 7.65. The number of aliphatic hydroxyl groups excluding tert-OH is 1. The number of rotatable bonds is 1. The van der Waals surface area contributed by atoms with Gasteiger partial charge < -0.3 is 19.8 Å². The van der Waals surface area contributed by atoms with Gasteiger partial charge in [0.1, 0.15) is 5.75 Å². The second kappa shape index (κ2) is 4.61. The van der Waals surface area contributed by atoms with Crippen LogP contribution in [0.5, 0.6) is 5.75 Å². The number of nitrogens with zero attached hydrogens (tertiary/aromatic N) is 2. The third kappa shape index (κ3) is 1.99. The fourth-order valence-electron chi connectivity index (χ4n) is 3.83. The molecule has 2 atom stereocenters. The molecule has 2 aliphatic heterocycles. The minimum absolute atomic E-state index is 0.0713. The van der Waals surface area contributed by atoms with Crippen molar-refractivity contribution in [3.8, 4) is 5.75 Å². The van der Waals surface area contributed by atoms with Crippen molar-refractivity contribution < 1.29 is 24.5 Å². The largest absolute Gasteiger partial charge is 0.497 e. The van der Waals surface area contributed by atoms with Crippen molar-refractivity contribution in [3.63, 3.8) is 0 Å². The number of carboxylic acid groups (broad SMARTS) is 1. The van der Waals surface area contributed by atoms with Gasteiger partial charge in [-0.05, 0) is 42.9 Å². The molecule has 7 heteroatoms. The van der Waals surface area contributed by atoms with E-state index in [0.717, 1.165) is 17.7 Å². The number of benzene rings is 1. The second-order valence-corrected chi connectivity index (χ2v) is 6.65. The van der Waals surface area contributed by atoms with E-state index in [4.69, 9.17) is 4.74 Å². The summed E-state index contributed by atoms with van der Waals surface area (Å²) in [5, 5.41) is 20.2. The number of carbonyl (C=O) groups excluding carboxylic acids is 1. The van der Waals surface area contributed by atoms with Crippen LogP contribution in [0.2, 0.25) is 0 Å². The lowest BCUT2D eigenvalue weighted by atomic mass is 10.0. The van der Waals surface area contributed by atoms with Crippen molar-refractivity contribution in [2.24, 2.45) is 5.41 Å². The molecule has 122 valence electrons. The molecule has 4 rings (SSSR count). The number of hydrogen-bond acceptors (Lipinski definition) is 4. The van der Waals surface area contributed by atoms with Gasteiger partial charge in [-0.2, -0.15) is 0 Å². The molecule has 1 spiro atoms. The summed E-state index contributed by atoms with van der Waals surface area (Å²) in [5.74, 6) is 0.242. The highest BCUT2D eigenvalue weighted by molar-refractivity contribution is 6.05. The predicted molar refractivity (Wildman–Crippen MR) is 80.6 cm³/mol. The van der Waals surface area contributed by atoms with Crippen molar-refractivity contribution in [3.05, 3.63) is 23.8 Å². The van der Waals surface area contributed by atoms with E-state index in [1.807, 2.05) is 0 Å². The SMILES string of the molecule is COc1ccc2c(c1)C(=O)N1CC3(CC3)CC1C(O)N2C(=O)O. The van der Waals surface area contributed by atoms with Gasteiger partial charge in [0.2, 0.25) is 0 Å².